The first-order valence-electron chi connectivity index (χ1n) is 5.68. The summed E-state index contributed by atoms with van der Waals surface area (Å²) < 4.78 is 5.27. The summed E-state index contributed by atoms with van der Waals surface area (Å²) in [6.07, 6.45) is 0.543. The average molecular weight is 230 g/mol. The molecule has 0 aromatic carbocycles. The molecule has 5 nitrogen and oxygen atoms in total. The molecule has 0 bridgehead atoms. The summed E-state index contributed by atoms with van der Waals surface area (Å²) in [4.78, 5) is 13.4. The fourth-order valence-electron chi connectivity index (χ4n) is 1.78. The van der Waals surface area contributed by atoms with Gasteiger partial charge >= 0.3 is 6.09 Å². The summed E-state index contributed by atoms with van der Waals surface area (Å²) >= 11 is 0. The number of hydrogen-bond acceptors (Lipinski definition) is 4. The number of ether oxygens (including phenoxy) is 1. The van der Waals surface area contributed by atoms with Crippen LogP contribution in [-0.2, 0) is 4.74 Å². The molecule has 0 spiro atoms. The predicted molar refractivity (Wildman–Crippen MR) is 61.0 cm³/mol. The van der Waals surface area contributed by atoms with Gasteiger partial charge in [0.1, 0.15) is 5.60 Å². The van der Waals surface area contributed by atoms with Gasteiger partial charge in [0.25, 0.3) is 0 Å². The van der Waals surface area contributed by atoms with Crippen LogP contribution >= 0.6 is 0 Å². The molecule has 5 heteroatoms. The standard InChI is InChI=1S/C11H22N2O3/c1-11(2,3)16-10(15)13-5-4-8(6-13)9(12)7-14/h8-9,14H,4-7,12H2,1-3H3/t8-,9+/m1/s1. The summed E-state index contributed by atoms with van der Waals surface area (Å²) in [6, 6.07) is -0.243. The summed E-state index contributed by atoms with van der Waals surface area (Å²) in [7, 11) is 0. The van der Waals surface area contributed by atoms with Crippen LogP contribution in [0.4, 0.5) is 4.79 Å². The molecule has 1 rings (SSSR count). The van der Waals surface area contributed by atoms with Gasteiger partial charge in [0, 0.05) is 19.1 Å². The molecule has 0 aliphatic carbocycles. The highest BCUT2D eigenvalue weighted by Gasteiger charge is 2.32. The first-order chi connectivity index (χ1) is 7.33. The van der Waals surface area contributed by atoms with Crippen molar-refractivity contribution in [1.29, 1.82) is 0 Å². The van der Waals surface area contributed by atoms with Gasteiger partial charge in [0.05, 0.1) is 6.61 Å². The van der Waals surface area contributed by atoms with Crippen LogP contribution < -0.4 is 5.73 Å². The highest BCUT2D eigenvalue weighted by atomic mass is 16.6. The summed E-state index contributed by atoms with van der Waals surface area (Å²) in [5, 5.41) is 8.95. The third-order valence-corrected chi connectivity index (χ3v) is 2.69. The lowest BCUT2D eigenvalue weighted by Crippen LogP contribution is -2.38. The van der Waals surface area contributed by atoms with Crippen LogP contribution in [-0.4, -0.2) is 47.4 Å². The van der Waals surface area contributed by atoms with Crippen molar-refractivity contribution in [3.63, 3.8) is 0 Å². The second-order valence-corrected chi connectivity index (χ2v) is 5.32. The molecule has 0 saturated carbocycles. The first-order valence-corrected chi connectivity index (χ1v) is 5.68. The highest BCUT2D eigenvalue weighted by Crippen LogP contribution is 2.21. The molecule has 1 aliphatic heterocycles. The monoisotopic (exact) mass is 230 g/mol. The molecule has 0 aromatic rings. The maximum Gasteiger partial charge on any atom is 0.410 e. The number of carbonyl (C=O) groups is 1. The van der Waals surface area contributed by atoms with Gasteiger partial charge in [-0.05, 0) is 33.1 Å². The Labute approximate surface area is 96.6 Å². The van der Waals surface area contributed by atoms with Gasteiger partial charge in [-0.25, -0.2) is 4.79 Å². The van der Waals surface area contributed by atoms with E-state index in [1.807, 2.05) is 20.8 Å². The van der Waals surface area contributed by atoms with E-state index in [2.05, 4.69) is 0 Å². The third kappa shape index (κ3) is 3.64. The van der Waals surface area contributed by atoms with E-state index in [1.165, 1.54) is 0 Å². The maximum absolute atomic E-state index is 11.7. The van der Waals surface area contributed by atoms with Gasteiger partial charge in [-0.1, -0.05) is 0 Å². The molecule has 1 amide bonds. The third-order valence-electron chi connectivity index (χ3n) is 2.69. The van der Waals surface area contributed by atoms with Crippen molar-refractivity contribution in [2.24, 2.45) is 11.7 Å². The van der Waals surface area contributed by atoms with Crippen LogP contribution in [0, 0.1) is 5.92 Å². The molecule has 1 fully saturated rings. The summed E-state index contributed by atoms with van der Waals surface area (Å²) in [5.74, 6) is 0.178. The van der Waals surface area contributed by atoms with E-state index in [0.29, 0.717) is 13.1 Å². The fraction of sp³-hybridized carbons (Fsp3) is 0.909. The maximum atomic E-state index is 11.7. The molecule has 0 aromatic heterocycles. The van der Waals surface area contributed by atoms with E-state index >= 15 is 0 Å². The number of aliphatic hydroxyl groups is 1. The van der Waals surface area contributed by atoms with E-state index in [4.69, 9.17) is 15.6 Å². The van der Waals surface area contributed by atoms with Crippen molar-refractivity contribution in [2.45, 2.75) is 38.8 Å². The van der Waals surface area contributed by atoms with Crippen molar-refractivity contribution in [3.05, 3.63) is 0 Å². The molecular formula is C11H22N2O3. The fourth-order valence-corrected chi connectivity index (χ4v) is 1.78. The molecule has 94 valence electrons. The predicted octanol–water partition coefficient (Wildman–Crippen LogP) is 0.563. The Bertz CT molecular complexity index is 250. The van der Waals surface area contributed by atoms with E-state index in [-0.39, 0.29) is 24.7 Å². The number of nitrogens with two attached hydrogens (primary N) is 1. The van der Waals surface area contributed by atoms with Gasteiger partial charge in [-0.2, -0.15) is 0 Å². The largest absolute Gasteiger partial charge is 0.444 e. The van der Waals surface area contributed by atoms with Crippen molar-refractivity contribution >= 4 is 6.09 Å². The lowest BCUT2D eigenvalue weighted by atomic mass is 10.0. The Morgan fingerprint density at radius 2 is 2.25 bits per heavy atom. The molecule has 2 atom stereocenters. The van der Waals surface area contributed by atoms with Crippen LogP contribution in [0.25, 0.3) is 0 Å². The highest BCUT2D eigenvalue weighted by molar-refractivity contribution is 5.68. The van der Waals surface area contributed by atoms with Crippen molar-refractivity contribution < 1.29 is 14.6 Å². The molecule has 1 heterocycles. The number of aliphatic hydroxyl groups excluding tert-OH is 1. The Balaban J connectivity index is 2.44. The van der Waals surface area contributed by atoms with Crippen molar-refractivity contribution in [3.8, 4) is 0 Å². The zero-order valence-corrected chi connectivity index (χ0v) is 10.3. The minimum atomic E-state index is -0.464. The number of rotatable bonds is 2. The normalized spacial score (nSPS) is 23.3. The lowest BCUT2D eigenvalue weighted by molar-refractivity contribution is 0.0284. The Kier molecular flexibility index (Phi) is 4.15. The minimum absolute atomic E-state index is 0.0349. The Morgan fingerprint density at radius 3 is 2.75 bits per heavy atom. The topological polar surface area (TPSA) is 75.8 Å². The van der Waals surface area contributed by atoms with Crippen LogP contribution in [0.15, 0.2) is 0 Å². The summed E-state index contributed by atoms with van der Waals surface area (Å²) in [5.41, 5.74) is 5.28. The van der Waals surface area contributed by atoms with E-state index in [9.17, 15) is 4.79 Å². The van der Waals surface area contributed by atoms with Crippen LogP contribution in [0.5, 0.6) is 0 Å². The second kappa shape index (κ2) is 5.01. The molecule has 0 radical (unpaired) electrons. The van der Waals surface area contributed by atoms with E-state index in [0.717, 1.165) is 6.42 Å². The van der Waals surface area contributed by atoms with Crippen molar-refractivity contribution in [2.75, 3.05) is 19.7 Å². The van der Waals surface area contributed by atoms with Crippen LogP contribution in [0.2, 0.25) is 0 Å². The second-order valence-electron chi connectivity index (χ2n) is 5.32. The first kappa shape index (κ1) is 13.3. The van der Waals surface area contributed by atoms with Gasteiger partial charge in [-0.15, -0.1) is 0 Å². The SMILES string of the molecule is CC(C)(C)OC(=O)N1CC[C@@H]([C@@H](N)CO)C1. The average Bonchev–Trinajstić information content (AvgIpc) is 2.62. The van der Waals surface area contributed by atoms with Gasteiger partial charge in [0.2, 0.25) is 0 Å². The molecule has 1 aliphatic rings. The van der Waals surface area contributed by atoms with Crippen LogP contribution in [0.1, 0.15) is 27.2 Å². The summed E-state index contributed by atoms with van der Waals surface area (Å²) in [6.45, 7) is 6.74. The number of likely N-dealkylation sites (tertiary alicyclic amines) is 1. The zero-order valence-electron chi connectivity index (χ0n) is 10.3. The number of nitrogens with zero attached hydrogens (tertiary/aromatic N) is 1. The lowest BCUT2D eigenvalue weighted by Gasteiger charge is -2.25. The van der Waals surface area contributed by atoms with E-state index in [1.54, 1.807) is 4.90 Å². The smallest absolute Gasteiger partial charge is 0.410 e. The Hall–Kier alpha value is -0.810. The number of carbonyl (C=O) groups excluding carboxylic acids is 1. The number of hydrogen-bond donors (Lipinski definition) is 2. The molecule has 0 unspecified atom stereocenters. The Morgan fingerprint density at radius 1 is 1.62 bits per heavy atom. The molecule has 16 heavy (non-hydrogen) atoms. The van der Waals surface area contributed by atoms with Crippen LogP contribution in [0.3, 0.4) is 0 Å². The van der Waals surface area contributed by atoms with E-state index < -0.39 is 5.60 Å². The molecular weight excluding hydrogens is 208 g/mol. The molecule has 3 N–H and O–H groups in total. The quantitative estimate of drug-likeness (QED) is 0.727. The van der Waals surface area contributed by atoms with Crippen molar-refractivity contribution in [1.82, 2.24) is 4.90 Å². The van der Waals surface area contributed by atoms with Gasteiger partial charge in [-0.3, -0.25) is 0 Å². The minimum Gasteiger partial charge on any atom is -0.444 e. The van der Waals surface area contributed by atoms with Gasteiger partial charge in [0.15, 0.2) is 0 Å². The molecule has 1 saturated heterocycles. The van der Waals surface area contributed by atoms with Gasteiger partial charge < -0.3 is 20.5 Å². The zero-order chi connectivity index (χ0) is 12.3. The number of amides is 1.